The molecule has 3 aromatic rings. The maximum Gasteiger partial charge on any atom is 0.145 e. The summed E-state index contributed by atoms with van der Waals surface area (Å²) in [5.74, 6) is 0.996. The number of hydrogen-bond acceptors (Lipinski definition) is 6. The fourth-order valence-electron chi connectivity index (χ4n) is 4.10. The maximum atomic E-state index is 10.6. The van der Waals surface area contributed by atoms with Crippen LogP contribution < -0.4 is 4.90 Å². The lowest BCUT2D eigenvalue weighted by Crippen LogP contribution is -2.44. The summed E-state index contributed by atoms with van der Waals surface area (Å²) >= 11 is 0. The third kappa shape index (κ3) is 3.39. The van der Waals surface area contributed by atoms with E-state index in [4.69, 9.17) is 5.41 Å². The number of anilines is 1. The van der Waals surface area contributed by atoms with Crippen molar-refractivity contribution in [2.24, 2.45) is 0 Å². The minimum atomic E-state index is 0.174. The molecule has 30 heavy (non-hydrogen) atoms. The Morgan fingerprint density at radius 3 is 2.63 bits per heavy atom. The number of fused-ring (bicyclic) bond motifs is 1. The van der Waals surface area contributed by atoms with Crippen molar-refractivity contribution in [3.8, 4) is 0 Å². The zero-order valence-corrected chi connectivity index (χ0v) is 17.0. The van der Waals surface area contributed by atoms with Crippen molar-refractivity contribution >= 4 is 28.1 Å². The van der Waals surface area contributed by atoms with Gasteiger partial charge >= 0.3 is 0 Å². The van der Waals surface area contributed by atoms with Gasteiger partial charge < -0.3 is 24.8 Å². The first-order valence-corrected chi connectivity index (χ1v) is 10.2. The number of nitrogens with one attached hydrogen (secondary N) is 2. The molecule has 8 heteroatoms. The van der Waals surface area contributed by atoms with Crippen LogP contribution in [0.15, 0.2) is 48.5 Å². The molecule has 0 spiro atoms. The fourth-order valence-corrected chi connectivity index (χ4v) is 4.10. The van der Waals surface area contributed by atoms with Crippen molar-refractivity contribution in [2.75, 3.05) is 44.7 Å². The van der Waals surface area contributed by atoms with Crippen LogP contribution in [0.4, 0.5) is 5.69 Å². The lowest BCUT2D eigenvalue weighted by molar-refractivity contribution is 0.313. The second-order valence-electron chi connectivity index (χ2n) is 7.96. The third-order valence-electron chi connectivity index (χ3n) is 5.88. The summed E-state index contributed by atoms with van der Waals surface area (Å²) in [5, 5.41) is 19.2. The van der Waals surface area contributed by atoms with E-state index < -0.39 is 0 Å². The first kappa shape index (κ1) is 18.6. The van der Waals surface area contributed by atoms with Gasteiger partial charge in [0.2, 0.25) is 0 Å². The molecule has 1 aromatic carbocycles. The van der Waals surface area contributed by atoms with Gasteiger partial charge in [-0.3, -0.25) is 10.4 Å². The van der Waals surface area contributed by atoms with Crippen molar-refractivity contribution in [2.45, 2.75) is 6.54 Å². The Kier molecular flexibility index (Phi) is 4.63. The number of benzene rings is 1. The monoisotopic (exact) mass is 403 g/mol. The van der Waals surface area contributed by atoms with Crippen molar-refractivity contribution in [3.63, 3.8) is 0 Å². The summed E-state index contributed by atoms with van der Waals surface area (Å²) in [4.78, 5) is 18.6. The van der Waals surface area contributed by atoms with Gasteiger partial charge in [0, 0.05) is 50.8 Å². The molecule has 0 bridgehead atoms. The van der Waals surface area contributed by atoms with E-state index in [1.807, 2.05) is 23.1 Å². The van der Waals surface area contributed by atoms with Gasteiger partial charge in [0.1, 0.15) is 17.4 Å². The van der Waals surface area contributed by atoms with Crippen LogP contribution in [0.5, 0.6) is 0 Å². The van der Waals surface area contributed by atoms with E-state index in [0.717, 1.165) is 42.8 Å². The highest BCUT2D eigenvalue weighted by Crippen LogP contribution is 2.29. The van der Waals surface area contributed by atoms with Gasteiger partial charge in [-0.1, -0.05) is 0 Å². The van der Waals surface area contributed by atoms with Crippen LogP contribution in [0.1, 0.15) is 11.4 Å². The van der Waals surface area contributed by atoms with Gasteiger partial charge in [-0.05, 0) is 42.9 Å². The molecule has 5 rings (SSSR count). The number of aliphatic hydroxyl groups is 1. The van der Waals surface area contributed by atoms with Gasteiger partial charge in [0.15, 0.2) is 0 Å². The molecule has 154 valence electrons. The van der Waals surface area contributed by atoms with Crippen molar-refractivity contribution in [3.05, 3.63) is 59.9 Å². The van der Waals surface area contributed by atoms with E-state index in [0.29, 0.717) is 24.5 Å². The van der Waals surface area contributed by atoms with Crippen LogP contribution in [-0.2, 0) is 6.54 Å². The Morgan fingerprint density at radius 2 is 1.87 bits per heavy atom. The number of aliphatic hydroxyl groups excluding tert-OH is 1. The fraction of sp³-hybridized carbons (Fsp3) is 0.318. The molecule has 2 aliphatic rings. The molecule has 4 heterocycles. The molecule has 3 N–H and O–H groups in total. The molecule has 8 nitrogen and oxygen atoms in total. The van der Waals surface area contributed by atoms with Crippen molar-refractivity contribution in [1.29, 1.82) is 5.41 Å². The Morgan fingerprint density at radius 1 is 1.10 bits per heavy atom. The average molecular weight is 403 g/mol. The highest BCUT2D eigenvalue weighted by atomic mass is 16.3. The number of H-pyrrole nitrogens is 1. The number of amidine groups is 1. The molecule has 1 saturated heterocycles. The zero-order chi connectivity index (χ0) is 20.7. The van der Waals surface area contributed by atoms with Crippen LogP contribution in [0.3, 0.4) is 0 Å². The van der Waals surface area contributed by atoms with Crippen LogP contribution in [0.25, 0.3) is 16.6 Å². The second kappa shape index (κ2) is 7.46. The van der Waals surface area contributed by atoms with E-state index in [2.05, 4.69) is 43.9 Å². The van der Waals surface area contributed by atoms with Crippen molar-refractivity contribution in [1.82, 2.24) is 24.8 Å². The van der Waals surface area contributed by atoms with Gasteiger partial charge in [-0.25, -0.2) is 4.98 Å². The standard InChI is InChI=1S/C22H25N7O/c1-27-8-10-28(11-9-27)16-2-3-17-18(12-16)26-22(25-17)20-19(30)14-29(21(20)23)13-15-4-6-24-7-5-15/h2-7,12,23,30H,8-11,13-14H2,1H3,(H,25,26). The third-order valence-corrected chi connectivity index (χ3v) is 5.88. The highest BCUT2D eigenvalue weighted by Gasteiger charge is 2.30. The van der Waals surface area contributed by atoms with E-state index in [9.17, 15) is 5.11 Å². The van der Waals surface area contributed by atoms with E-state index >= 15 is 0 Å². The Labute approximate surface area is 175 Å². The molecule has 0 unspecified atom stereocenters. The molecule has 2 aromatic heterocycles. The number of likely N-dealkylation sites (N-methyl/N-ethyl adjacent to an activating group) is 1. The molecule has 0 amide bonds. The maximum absolute atomic E-state index is 10.6. The first-order chi connectivity index (χ1) is 14.6. The van der Waals surface area contributed by atoms with Gasteiger partial charge in [0.05, 0.1) is 23.2 Å². The van der Waals surface area contributed by atoms with E-state index in [1.54, 1.807) is 12.4 Å². The Balaban J connectivity index is 1.39. The van der Waals surface area contributed by atoms with Gasteiger partial charge in [-0.15, -0.1) is 0 Å². The lowest BCUT2D eigenvalue weighted by atomic mass is 10.2. The number of rotatable bonds is 4. The Bertz CT molecular complexity index is 1110. The normalized spacial score (nSPS) is 18.1. The van der Waals surface area contributed by atoms with Crippen LogP contribution in [0.2, 0.25) is 0 Å². The minimum Gasteiger partial charge on any atom is -0.510 e. The SMILES string of the molecule is CN1CCN(c2ccc3nc(C4=C(O)CN(Cc5ccncc5)C4=N)[nH]c3c2)CC1. The van der Waals surface area contributed by atoms with E-state index in [-0.39, 0.29) is 11.6 Å². The number of aromatic nitrogens is 3. The predicted molar refractivity (Wildman–Crippen MR) is 118 cm³/mol. The molecular weight excluding hydrogens is 378 g/mol. The topological polar surface area (TPSA) is 95.4 Å². The van der Waals surface area contributed by atoms with Gasteiger partial charge in [0.25, 0.3) is 0 Å². The predicted octanol–water partition coefficient (Wildman–Crippen LogP) is 2.47. The zero-order valence-electron chi connectivity index (χ0n) is 17.0. The molecule has 1 fully saturated rings. The summed E-state index contributed by atoms with van der Waals surface area (Å²) in [6.45, 7) is 4.96. The Hall–Kier alpha value is -3.39. The van der Waals surface area contributed by atoms with Crippen LogP contribution >= 0.6 is 0 Å². The number of piperazine rings is 1. The molecule has 2 aliphatic heterocycles. The van der Waals surface area contributed by atoms with Crippen molar-refractivity contribution < 1.29 is 5.11 Å². The molecule has 0 aliphatic carbocycles. The van der Waals surface area contributed by atoms with Gasteiger partial charge in [-0.2, -0.15) is 0 Å². The largest absolute Gasteiger partial charge is 0.510 e. The number of imidazole rings is 1. The summed E-state index contributed by atoms with van der Waals surface area (Å²) in [5.41, 5.74) is 4.45. The van der Waals surface area contributed by atoms with E-state index in [1.165, 1.54) is 5.69 Å². The lowest BCUT2D eigenvalue weighted by Gasteiger charge is -2.34. The molecular formula is C22H25N7O. The second-order valence-corrected chi connectivity index (χ2v) is 7.96. The molecule has 0 radical (unpaired) electrons. The number of nitrogens with zero attached hydrogens (tertiary/aromatic N) is 5. The number of hydrogen-bond donors (Lipinski definition) is 3. The summed E-state index contributed by atoms with van der Waals surface area (Å²) in [6.07, 6.45) is 3.47. The quantitative estimate of drug-likeness (QED) is 0.619. The van der Waals surface area contributed by atoms with Crippen LogP contribution in [-0.4, -0.2) is 75.5 Å². The summed E-state index contributed by atoms with van der Waals surface area (Å²) in [6, 6.07) is 10.1. The van der Waals surface area contributed by atoms with Crippen LogP contribution in [0, 0.1) is 5.41 Å². The minimum absolute atomic E-state index is 0.174. The average Bonchev–Trinajstić information content (AvgIpc) is 3.28. The highest BCUT2D eigenvalue weighted by molar-refractivity contribution is 6.23. The summed E-state index contributed by atoms with van der Waals surface area (Å²) in [7, 11) is 2.15. The smallest absolute Gasteiger partial charge is 0.145 e. The summed E-state index contributed by atoms with van der Waals surface area (Å²) < 4.78 is 0. The molecule has 0 saturated carbocycles. The molecule has 0 atom stereocenters. The first-order valence-electron chi connectivity index (χ1n) is 10.2. The number of aromatic amines is 1. The number of pyridine rings is 1.